The molecule has 122 valence electrons. The molecule has 0 amide bonds. The van der Waals surface area contributed by atoms with Crippen LogP contribution < -0.4 is 0 Å². The monoisotopic (exact) mass is 312 g/mol. The Morgan fingerprint density at radius 3 is 2.78 bits per heavy atom. The van der Waals surface area contributed by atoms with Crippen molar-refractivity contribution in [1.29, 1.82) is 0 Å². The van der Waals surface area contributed by atoms with Crippen molar-refractivity contribution in [3.05, 3.63) is 36.5 Å². The maximum atomic E-state index is 5.76. The van der Waals surface area contributed by atoms with Crippen LogP contribution in [0.3, 0.4) is 0 Å². The molecule has 2 aromatic heterocycles. The van der Waals surface area contributed by atoms with E-state index in [9.17, 15) is 0 Å². The minimum absolute atomic E-state index is 0.252. The lowest BCUT2D eigenvalue weighted by Gasteiger charge is -2.41. The van der Waals surface area contributed by atoms with E-state index < -0.39 is 0 Å². The summed E-state index contributed by atoms with van der Waals surface area (Å²) in [6.07, 6.45) is 12.3. The molecule has 1 aliphatic carbocycles. The Hall–Kier alpha value is -1.72. The largest absolute Gasteiger partial charge is 0.378 e. The Kier molecular flexibility index (Phi) is 4.39. The van der Waals surface area contributed by atoms with Crippen LogP contribution >= 0.6 is 0 Å². The molecule has 0 spiro atoms. The normalized spacial score (nSPS) is 23.9. The lowest BCUT2D eigenvalue weighted by molar-refractivity contribution is -0.0400. The Bertz CT molecular complexity index is 621. The van der Waals surface area contributed by atoms with Crippen LogP contribution in [0.15, 0.2) is 30.7 Å². The molecule has 1 aliphatic heterocycles. The fourth-order valence-corrected chi connectivity index (χ4v) is 3.89. The van der Waals surface area contributed by atoms with Crippen LogP contribution in [0.25, 0.3) is 11.3 Å². The van der Waals surface area contributed by atoms with Gasteiger partial charge in [0, 0.05) is 30.5 Å². The molecule has 1 N–H and O–H groups in total. The van der Waals surface area contributed by atoms with E-state index in [1.807, 2.05) is 30.7 Å². The number of pyridine rings is 1. The summed E-state index contributed by atoms with van der Waals surface area (Å²) in [6.45, 7) is 2.59. The van der Waals surface area contributed by atoms with Crippen LogP contribution in [-0.4, -0.2) is 45.7 Å². The second kappa shape index (κ2) is 6.81. The lowest BCUT2D eigenvalue weighted by Crippen LogP contribution is -2.46. The molecule has 1 atom stereocenters. The highest BCUT2D eigenvalue weighted by molar-refractivity contribution is 5.57. The highest BCUT2D eigenvalue weighted by atomic mass is 16.5. The van der Waals surface area contributed by atoms with Crippen molar-refractivity contribution in [3.8, 4) is 11.3 Å². The molecule has 1 saturated carbocycles. The van der Waals surface area contributed by atoms with Gasteiger partial charge in [0.1, 0.15) is 5.82 Å². The number of hydrogen-bond donors (Lipinski definition) is 1. The third-order valence-corrected chi connectivity index (χ3v) is 5.12. The summed E-state index contributed by atoms with van der Waals surface area (Å²) >= 11 is 0. The second-order valence-corrected chi connectivity index (χ2v) is 6.54. The first-order valence-electron chi connectivity index (χ1n) is 8.70. The van der Waals surface area contributed by atoms with Gasteiger partial charge in [0.15, 0.2) is 0 Å². The van der Waals surface area contributed by atoms with E-state index in [-0.39, 0.29) is 6.04 Å². The van der Waals surface area contributed by atoms with Gasteiger partial charge in [-0.1, -0.05) is 19.3 Å². The van der Waals surface area contributed by atoms with Crippen molar-refractivity contribution < 1.29 is 4.74 Å². The SMILES string of the molecule is c1cc(-c2cnc(C3COCCN3C3CCCCC3)[nH]2)ccn1. The average Bonchev–Trinajstić information content (AvgIpc) is 3.13. The van der Waals surface area contributed by atoms with Gasteiger partial charge in [-0.15, -0.1) is 0 Å². The Labute approximate surface area is 137 Å². The standard InChI is InChI=1S/C18H24N4O/c1-2-4-15(5-3-1)22-10-11-23-13-17(22)18-20-12-16(21-18)14-6-8-19-9-7-14/h6-9,12,15,17H,1-5,10-11,13H2,(H,20,21). The van der Waals surface area contributed by atoms with Crippen molar-refractivity contribution in [2.24, 2.45) is 0 Å². The van der Waals surface area contributed by atoms with Crippen molar-refractivity contribution in [2.45, 2.75) is 44.2 Å². The first-order chi connectivity index (χ1) is 11.4. The molecule has 0 radical (unpaired) electrons. The molecule has 2 aliphatic rings. The number of nitrogens with zero attached hydrogens (tertiary/aromatic N) is 3. The van der Waals surface area contributed by atoms with E-state index in [1.54, 1.807) is 0 Å². The summed E-state index contributed by atoms with van der Waals surface area (Å²) in [6, 6.07) is 4.95. The van der Waals surface area contributed by atoms with Gasteiger partial charge in [-0.2, -0.15) is 0 Å². The zero-order valence-corrected chi connectivity index (χ0v) is 13.4. The summed E-state index contributed by atoms with van der Waals surface area (Å²) < 4.78 is 5.76. The summed E-state index contributed by atoms with van der Waals surface area (Å²) in [5.74, 6) is 1.03. The number of rotatable bonds is 3. The van der Waals surface area contributed by atoms with Crippen molar-refractivity contribution >= 4 is 0 Å². The minimum atomic E-state index is 0.252. The first-order valence-corrected chi connectivity index (χ1v) is 8.70. The van der Waals surface area contributed by atoms with Crippen molar-refractivity contribution in [3.63, 3.8) is 0 Å². The van der Waals surface area contributed by atoms with Gasteiger partial charge < -0.3 is 9.72 Å². The van der Waals surface area contributed by atoms with Gasteiger partial charge >= 0.3 is 0 Å². The maximum absolute atomic E-state index is 5.76. The minimum Gasteiger partial charge on any atom is -0.378 e. The van der Waals surface area contributed by atoms with Gasteiger partial charge in [-0.25, -0.2) is 4.98 Å². The third kappa shape index (κ3) is 3.16. The van der Waals surface area contributed by atoms with E-state index in [1.165, 1.54) is 32.1 Å². The Balaban J connectivity index is 1.56. The highest BCUT2D eigenvalue weighted by Gasteiger charge is 2.32. The molecule has 0 aromatic carbocycles. The van der Waals surface area contributed by atoms with E-state index in [0.717, 1.165) is 36.8 Å². The summed E-state index contributed by atoms with van der Waals surface area (Å²) in [5, 5.41) is 0. The quantitative estimate of drug-likeness (QED) is 0.946. The fourth-order valence-electron chi connectivity index (χ4n) is 3.89. The van der Waals surface area contributed by atoms with Gasteiger partial charge in [0.2, 0.25) is 0 Å². The number of imidazole rings is 1. The first kappa shape index (κ1) is 14.8. The van der Waals surface area contributed by atoms with Crippen LogP contribution in [0.5, 0.6) is 0 Å². The second-order valence-electron chi connectivity index (χ2n) is 6.54. The molecule has 5 heteroatoms. The topological polar surface area (TPSA) is 54.0 Å². The highest BCUT2D eigenvalue weighted by Crippen LogP contribution is 2.32. The molecule has 0 bridgehead atoms. The van der Waals surface area contributed by atoms with Crippen LogP contribution in [-0.2, 0) is 4.74 Å². The van der Waals surface area contributed by atoms with Gasteiger partial charge in [-0.3, -0.25) is 9.88 Å². The number of H-pyrrole nitrogens is 1. The Morgan fingerprint density at radius 1 is 1.13 bits per heavy atom. The fraction of sp³-hybridized carbons (Fsp3) is 0.556. The molecule has 1 unspecified atom stereocenters. The van der Waals surface area contributed by atoms with Gasteiger partial charge in [0.25, 0.3) is 0 Å². The molecule has 2 aromatic rings. The zero-order chi connectivity index (χ0) is 15.5. The molecule has 3 heterocycles. The number of aromatic nitrogens is 3. The zero-order valence-electron chi connectivity index (χ0n) is 13.4. The molecular weight excluding hydrogens is 288 g/mol. The average molecular weight is 312 g/mol. The van der Waals surface area contributed by atoms with Gasteiger partial charge in [0.05, 0.1) is 31.1 Å². The number of hydrogen-bond acceptors (Lipinski definition) is 4. The molecule has 5 nitrogen and oxygen atoms in total. The van der Waals surface area contributed by atoms with Crippen LogP contribution in [0.4, 0.5) is 0 Å². The summed E-state index contributed by atoms with van der Waals surface area (Å²) in [4.78, 5) is 14.9. The van der Waals surface area contributed by atoms with E-state index in [4.69, 9.17) is 4.74 Å². The van der Waals surface area contributed by atoms with Crippen LogP contribution in [0, 0.1) is 0 Å². The summed E-state index contributed by atoms with van der Waals surface area (Å²) in [5.41, 5.74) is 2.18. The number of morpholine rings is 1. The van der Waals surface area contributed by atoms with Crippen LogP contribution in [0.1, 0.15) is 44.0 Å². The van der Waals surface area contributed by atoms with E-state index >= 15 is 0 Å². The van der Waals surface area contributed by atoms with Crippen LogP contribution in [0.2, 0.25) is 0 Å². The predicted octanol–water partition coefficient (Wildman–Crippen LogP) is 3.18. The van der Waals surface area contributed by atoms with E-state index in [0.29, 0.717) is 6.04 Å². The number of ether oxygens (including phenoxy) is 1. The summed E-state index contributed by atoms with van der Waals surface area (Å²) in [7, 11) is 0. The molecular formula is C18H24N4O. The van der Waals surface area contributed by atoms with Crippen molar-refractivity contribution in [1.82, 2.24) is 19.9 Å². The molecule has 4 rings (SSSR count). The van der Waals surface area contributed by atoms with Gasteiger partial charge in [-0.05, 0) is 25.0 Å². The van der Waals surface area contributed by atoms with Crippen molar-refractivity contribution in [2.75, 3.05) is 19.8 Å². The number of aromatic amines is 1. The Morgan fingerprint density at radius 2 is 1.96 bits per heavy atom. The van der Waals surface area contributed by atoms with E-state index in [2.05, 4.69) is 19.9 Å². The molecule has 2 fully saturated rings. The lowest BCUT2D eigenvalue weighted by atomic mass is 9.93. The smallest absolute Gasteiger partial charge is 0.126 e. The number of nitrogens with one attached hydrogen (secondary N) is 1. The molecule has 23 heavy (non-hydrogen) atoms. The third-order valence-electron chi connectivity index (χ3n) is 5.12. The maximum Gasteiger partial charge on any atom is 0.126 e. The molecule has 1 saturated heterocycles. The predicted molar refractivity (Wildman–Crippen MR) is 89.0 cm³/mol.